The molecule has 0 aromatic rings. The molecule has 0 radical (unpaired) electrons. The lowest BCUT2D eigenvalue weighted by Gasteiger charge is -2.05. The SMILES string of the molecule is CCCCCCNCCCCCCCCCCC[C@H](C)N. The lowest BCUT2D eigenvalue weighted by molar-refractivity contribution is 0.524. The van der Waals surface area contributed by atoms with Crippen molar-refractivity contribution in [2.45, 2.75) is 110 Å². The number of hydrogen-bond acceptors (Lipinski definition) is 2. The van der Waals surface area contributed by atoms with Crippen molar-refractivity contribution in [1.29, 1.82) is 0 Å². The molecule has 128 valence electrons. The van der Waals surface area contributed by atoms with Crippen molar-refractivity contribution in [3.05, 3.63) is 0 Å². The van der Waals surface area contributed by atoms with Gasteiger partial charge in [-0.05, 0) is 39.3 Å². The van der Waals surface area contributed by atoms with Crippen molar-refractivity contribution in [2.24, 2.45) is 5.73 Å². The molecule has 0 aliphatic carbocycles. The van der Waals surface area contributed by atoms with Gasteiger partial charge in [0.2, 0.25) is 0 Å². The van der Waals surface area contributed by atoms with Gasteiger partial charge in [0.15, 0.2) is 0 Å². The van der Waals surface area contributed by atoms with Gasteiger partial charge in [-0.2, -0.15) is 0 Å². The third-order valence-electron chi connectivity index (χ3n) is 4.22. The highest BCUT2D eigenvalue weighted by molar-refractivity contribution is 4.54. The molecule has 0 rings (SSSR count). The molecule has 0 fully saturated rings. The molecule has 0 aromatic heterocycles. The smallest absolute Gasteiger partial charge is 0.00104 e. The highest BCUT2D eigenvalue weighted by atomic mass is 14.8. The van der Waals surface area contributed by atoms with E-state index in [0.29, 0.717) is 6.04 Å². The van der Waals surface area contributed by atoms with Crippen molar-refractivity contribution in [1.82, 2.24) is 5.32 Å². The van der Waals surface area contributed by atoms with Gasteiger partial charge in [-0.1, -0.05) is 77.6 Å². The summed E-state index contributed by atoms with van der Waals surface area (Å²) in [4.78, 5) is 0. The first-order chi connectivity index (χ1) is 10.3. The fourth-order valence-corrected chi connectivity index (χ4v) is 2.76. The first kappa shape index (κ1) is 20.9. The maximum absolute atomic E-state index is 5.75. The fraction of sp³-hybridized carbons (Fsp3) is 1.00. The molecule has 2 heteroatoms. The number of hydrogen-bond donors (Lipinski definition) is 2. The minimum Gasteiger partial charge on any atom is -0.328 e. The molecule has 0 amide bonds. The molecule has 21 heavy (non-hydrogen) atoms. The maximum Gasteiger partial charge on any atom is 0.00104 e. The second-order valence-corrected chi connectivity index (χ2v) is 6.76. The van der Waals surface area contributed by atoms with E-state index in [0.717, 1.165) is 0 Å². The van der Waals surface area contributed by atoms with E-state index in [1.807, 2.05) is 0 Å². The van der Waals surface area contributed by atoms with Gasteiger partial charge in [0, 0.05) is 6.04 Å². The van der Waals surface area contributed by atoms with E-state index in [1.165, 1.54) is 103 Å². The van der Waals surface area contributed by atoms with Crippen LogP contribution in [0.3, 0.4) is 0 Å². The molecule has 1 atom stereocenters. The van der Waals surface area contributed by atoms with E-state index in [9.17, 15) is 0 Å². The Bertz CT molecular complexity index is 180. The molecule has 0 bridgehead atoms. The minimum atomic E-state index is 0.394. The van der Waals surface area contributed by atoms with E-state index in [2.05, 4.69) is 19.2 Å². The van der Waals surface area contributed by atoms with Gasteiger partial charge in [-0.3, -0.25) is 0 Å². The monoisotopic (exact) mass is 298 g/mol. The number of rotatable bonds is 17. The van der Waals surface area contributed by atoms with Gasteiger partial charge in [-0.25, -0.2) is 0 Å². The molecular formula is C19H42N2. The van der Waals surface area contributed by atoms with Crippen LogP contribution < -0.4 is 11.1 Å². The summed E-state index contributed by atoms with van der Waals surface area (Å²) in [5, 5.41) is 3.57. The largest absolute Gasteiger partial charge is 0.328 e. The Kier molecular flexibility index (Phi) is 17.9. The molecule has 0 aliphatic heterocycles. The topological polar surface area (TPSA) is 38.0 Å². The van der Waals surface area contributed by atoms with Gasteiger partial charge < -0.3 is 11.1 Å². The van der Waals surface area contributed by atoms with Crippen LogP contribution in [0.2, 0.25) is 0 Å². The van der Waals surface area contributed by atoms with Crippen molar-refractivity contribution >= 4 is 0 Å². The molecule has 0 spiro atoms. The molecule has 0 heterocycles. The highest BCUT2D eigenvalue weighted by Crippen LogP contribution is 2.10. The molecule has 0 aromatic carbocycles. The Morgan fingerprint density at radius 2 is 1.10 bits per heavy atom. The zero-order valence-electron chi connectivity index (χ0n) is 15.0. The van der Waals surface area contributed by atoms with Crippen LogP contribution in [0.5, 0.6) is 0 Å². The van der Waals surface area contributed by atoms with Crippen molar-refractivity contribution in [3.8, 4) is 0 Å². The summed E-state index contributed by atoms with van der Waals surface area (Å²) in [5.74, 6) is 0. The lowest BCUT2D eigenvalue weighted by atomic mass is 10.0. The molecule has 0 unspecified atom stereocenters. The zero-order chi connectivity index (χ0) is 15.6. The van der Waals surface area contributed by atoms with Crippen molar-refractivity contribution in [2.75, 3.05) is 13.1 Å². The van der Waals surface area contributed by atoms with Crippen LogP contribution in [0.4, 0.5) is 0 Å². The Labute approximate surface area is 134 Å². The summed E-state index contributed by atoms with van der Waals surface area (Å²) in [6.07, 6.45) is 19.3. The van der Waals surface area contributed by atoms with Gasteiger partial charge in [-0.15, -0.1) is 0 Å². The first-order valence-electron chi connectivity index (χ1n) is 9.73. The molecule has 3 N–H and O–H groups in total. The van der Waals surface area contributed by atoms with Crippen LogP contribution >= 0.6 is 0 Å². The van der Waals surface area contributed by atoms with Crippen LogP contribution in [0.25, 0.3) is 0 Å². The summed E-state index contributed by atoms with van der Waals surface area (Å²) in [5.41, 5.74) is 5.75. The van der Waals surface area contributed by atoms with Gasteiger partial charge in [0.05, 0.1) is 0 Å². The van der Waals surface area contributed by atoms with E-state index >= 15 is 0 Å². The molecular weight excluding hydrogens is 256 g/mol. The number of unbranched alkanes of at least 4 members (excludes halogenated alkanes) is 11. The quantitative estimate of drug-likeness (QED) is 0.353. The number of nitrogens with two attached hydrogens (primary N) is 1. The van der Waals surface area contributed by atoms with Crippen molar-refractivity contribution < 1.29 is 0 Å². The van der Waals surface area contributed by atoms with E-state index in [-0.39, 0.29) is 0 Å². The Morgan fingerprint density at radius 1 is 0.667 bits per heavy atom. The summed E-state index contributed by atoms with van der Waals surface area (Å²) in [6, 6.07) is 0.394. The summed E-state index contributed by atoms with van der Waals surface area (Å²) < 4.78 is 0. The second kappa shape index (κ2) is 18.0. The van der Waals surface area contributed by atoms with Crippen LogP contribution in [0.1, 0.15) is 104 Å². The fourth-order valence-electron chi connectivity index (χ4n) is 2.76. The van der Waals surface area contributed by atoms with E-state index in [1.54, 1.807) is 0 Å². The normalized spacial score (nSPS) is 12.7. The third-order valence-corrected chi connectivity index (χ3v) is 4.22. The minimum absolute atomic E-state index is 0.394. The predicted octanol–water partition coefficient (Wildman–Crippen LogP) is 5.40. The van der Waals surface area contributed by atoms with Crippen LogP contribution in [-0.4, -0.2) is 19.1 Å². The average molecular weight is 299 g/mol. The van der Waals surface area contributed by atoms with E-state index < -0.39 is 0 Å². The summed E-state index contributed by atoms with van der Waals surface area (Å²) in [7, 11) is 0. The highest BCUT2D eigenvalue weighted by Gasteiger charge is 1.95. The van der Waals surface area contributed by atoms with Crippen LogP contribution in [-0.2, 0) is 0 Å². The molecule has 2 nitrogen and oxygen atoms in total. The first-order valence-corrected chi connectivity index (χ1v) is 9.73. The number of nitrogens with one attached hydrogen (secondary N) is 1. The average Bonchev–Trinajstić information content (AvgIpc) is 2.46. The molecule has 0 saturated carbocycles. The standard InChI is InChI=1S/C19H42N2/c1-3-4-5-14-17-21-18-15-12-10-8-6-7-9-11-13-16-19(2)20/h19,21H,3-18,20H2,1-2H3/t19-/m0/s1. The molecule has 0 aliphatic rings. The van der Waals surface area contributed by atoms with E-state index in [4.69, 9.17) is 5.73 Å². The van der Waals surface area contributed by atoms with Crippen LogP contribution in [0.15, 0.2) is 0 Å². The zero-order valence-corrected chi connectivity index (χ0v) is 15.0. The lowest BCUT2D eigenvalue weighted by Crippen LogP contribution is -2.16. The second-order valence-electron chi connectivity index (χ2n) is 6.76. The molecule has 0 saturated heterocycles. The van der Waals surface area contributed by atoms with Gasteiger partial charge in [0.1, 0.15) is 0 Å². The predicted molar refractivity (Wildman–Crippen MR) is 96.8 cm³/mol. The maximum atomic E-state index is 5.75. The van der Waals surface area contributed by atoms with Gasteiger partial charge in [0.25, 0.3) is 0 Å². The summed E-state index contributed by atoms with van der Waals surface area (Å²) in [6.45, 7) is 6.83. The van der Waals surface area contributed by atoms with Crippen LogP contribution in [0, 0.1) is 0 Å². The summed E-state index contributed by atoms with van der Waals surface area (Å²) >= 11 is 0. The third kappa shape index (κ3) is 19.9. The Morgan fingerprint density at radius 3 is 1.57 bits per heavy atom. The Hall–Kier alpha value is -0.0800. The Balaban J connectivity index is 2.93. The van der Waals surface area contributed by atoms with Crippen molar-refractivity contribution in [3.63, 3.8) is 0 Å². The van der Waals surface area contributed by atoms with Gasteiger partial charge >= 0.3 is 0 Å².